The van der Waals surface area contributed by atoms with E-state index in [0.29, 0.717) is 5.75 Å². The van der Waals surface area contributed by atoms with Crippen molar-refractivity contribution < 1.29 is 19.8 Å². The lowest BCUT2D eigenvalue weighted by molar-refractivity contribution is -0.141. The molecule has 0 aliphatic carbocycles. The van der Waals surface area contributed by atoms with Crippen LogP contribution in [0, 0.1) is 0 Å². The molecule has 0 bridgehead atoms. The molecule has 2 rings (SSSR count). The van der Waals surface area contributed by atoms with E-state index in [1.54, 1.807) is 0 Å². The Morgan fingerprint density at radius 1 is 1.50 bits per heavy atom. The third-order valence-corrected chi connectivity index (χ3v) is 4.47. The molecule has 1 amide bonds. The molecular formula is C13H16N2O4S. The van der Waals surface area contributed by atoms with Crippen LogP contribution in [0.25, 0.3) is 0 Å². The summed E-state index contributed by atoms with van der Waals surface area (Å²) >= 11 is 1.48. The molecule has 20 heavy (non-hydrogen) atoms. The Morgan fingerprint density at radius 3 is 2.85 bits per heavy atom. The van der Waals surface area contributed by atoms with Crippen molar-refractivity contribution in [3.05, 3.63) is 24.0 Å². The van der Waals surface area contributed by atoms with Gasteiger partial charge in [0, 0.05) is 11.9 Å². The van der Waals surface area contributed by atoms with Crippen LogP contribution >= 0.6 is 11.8 Å². The standard InChI is InChI=1S/C13H16N2O4S/c1-2-3-11-15(10(7-20-11)13(18)19)12(17)8-4-9(16)6-14-5-8/h4-6,10-11,16H,2-3,7H2,1H3,(H,18,19). The first-order valence-corrected chi connectivity index (χ1v) is 7.40. The van der Waals surface area contributed by atoms with Crippen molar-refractivity contribution in [2.75, 3.05) is 5.75 Å². The number of aromatic hydroxyl groups is 1. The fourth-order valence-corrected chi connectivity index (χ4v) is 3.70. The van der Waals surface area contributed by atoms with Gasteiger partial charge in [0.05, 0.1) is 17.1 Å². The summed E-state index contributed by atoms with van der Waals surface area (Å²) in [5.41, 5.74) is 0.208. The largest absolute Gasteiger partial charge is 0.506 e. The molecule has 1 aliphatic heterocycles. The molecule has 0 saturated carbocycles. The van der Waals surface area contributed by atoms with E-state index in [9.17, 15) is 19.8 Å². The lowest BCUT2D eigenvalue weighted by Crippen LogP contribution is -2.45. The van der Waals surface area contributed by atoms with Gasteiger partial charge in [-0.1, -0.05) is 13.3 Å². The van der Waals surface area contributed by atoms with Crippen LogP contribution < -0.4 is 0 Å². The third-order valence-electron chi connectivity index (χ3n) is 3.12. The van der Waals surface area contributed by atoms with Crippen molar-refractivity contribution in [1.82, 2.24) is 9.88 Å². The summed E-state index contributed by atoms with van der Waals surface area (Å²) in [7, 11) is 0. The van der Waals surface area contributed by atoms with Gasteiger partial charge in [0.2, 0.25) is 0 Å². The van der Waals surface area contributed by atoms with Crippen molar-refractivity contribution in [2.45, 2.75) is 31.2 Å². The average molecular weight is 296 g/mol. The highest BCUT2D eigenvalue weighted by Crippen LogP contribution is 2.33. The summed E-state index contributed by atoms with van der Waals surface area (Å²) < 4.78 is 0. The fraction of sp³-hybridized carbons (Fsp3) is 0.462. The molecule has 0 aromatic carbocycles. The molecule has 0 radical (unpaired) electrons. The maximum atomic E-state index is 12.5. The number of carboxylic acid groups (broad SMARTS) is 1. The van der Waals surface area contributed by atoms with Gasteiger partial charge in [-0.15, -0.1) is 11.8 Å². The van der Waals surface area contributed by atoms with Crippen LogP contribution in [0.3, 0.4) is 0 Å². The first kappa shape index (κ1) is 14.6. The Kier molecular flexibility index (Phi) is 4.49. The summed E-state index contributed by atoms with van der Waals surface area (Å²) in [6, 6.07) is 0.478. The summed E-state index contributed by atoms with van der Waals surface area (Å²) in [5, 5.41) is 18.5. The van der Waals surface area contributed by atoms with Gasteiger partial charge in [0.25, 0.3) is 5.91 Å². The Labute approximate surface area is 120 Å². The number of aromatic nitrogens is 1. The van der Waals surface area contributed by atoms with Crippen LogP contribution in [0.5, 0.6) is 5.75 Å². The molecular weight excluding hydrogens is 280 g/mol. The van der Waals surface area contributed by atoms with Crippen LogP contribution in [0.4, 0.5) is 0 Å². The van der Waals surface area contributed by atoms with E-state index in [-0.39, 0.29) is 16.7 Å². The predicted molar refractivity (Wildman–Crippen MR) is 74.6 cm³/mol. The summed E-state index contributed by atoms with van der Waals surface area (Å²) in [4.78, 5) is 29.0. The third kappa shape index (κ3) is 2.87. The topological polar surface area (TPSA) is 90.7 Å². The highest BCUT2D eigenvalue weighted by molar-refractivity contribution is 8.00. The zero-order valence-corrected chi connectivity index (χ0v) is 11.8. The molecule has 1 aromatic rings. The molecule has 2 atom stereocenters. The maximum Gasteiger partial charge on any atom is 0.327 e. The highest BCUT2D eigenvalue weighted by atomic mass is 32.2. The number of carboxylic acids is 1. The number of hydrogen-bond donors (Lipinski definition) is 2. The number of pyridine rings is 1. The van der Waals surface area contributed by atoms with Crippen molar-refractivity contribution in [2.24, 2.45) is 0 Å². The smallest absolute Gasteiger partial charge is 0.327 e. The molecule has 108 valence electrons. The first-order chi connectivity index (χ1) is 9.54. The first-order valence-electron chi connectivity index (χ1n) is 6.35. The number of carbonyl (C=O) groups is 2. The van der Waals surface area contributed by atoms with Crippen LogP contribution in [-0.2, 0) is 4.79 Å². The van der Waals surface area contributed by atoms with Gasteiger partial charge in [-0.25, -0.2) is 4.79 Å². The van der Waals surface area contributed by atoms with Gasteiger partial charge in [0.1, 0.15) is 11.8 Å². The number of amides is 1. The zero-order valence-electron chi connectivity index (χ0n) is 11.0. The van der Waals surface area contributed by atoms with Gasteiger partial charge in [-0.05, 0) is 12.5 Å². The summed E-state index contributed by atoms with van der Waals surface area (Å²) in [6.07, 6.45) is 4.18. The second-order valence-electron chi connectivity index (χ2n) is 4.57. The molecule has 2 heterocycles. The second-order valence-corrected chi connectivity index (χ2v) is 5.79. The molecule has 1 fully saturated rings. The molecule has 0 spiro atoms. The molecule has 2 N–H and O–H groups in total. The molecule has 1 aliphatic rings. The molecule has 7 heteroatoms. The van der Waals surface area contributed by atoms with E-state index in [0.717, 1.165) is 12.8 Å². The molecule has 6 nitrogen and oxygen atoms in total. The van der Waals surface area contributed by atoms with E-state index in [1.807, 2.05) is 6.92 Å². The second kappa shape index (κ2) is 6.13. The van der Waals surface area contributed by atoms with Gasteiger partial charge < -0.3 is 15.1 Å². The average Bonchev–Trinajstić information content (AvgIpc) is 2.82. The van der Waals surface area contributed by atoms with Gasteiger partial charge >= 0.3 is 5.97 Å². The molecule has 1 saturated heterocycles. The summed E-state index contributed by atoms with van der Waals surface area (Å²) in [6.45, 7) is 1.99. The Balaban J connectivity index is 2.29. The minimum absolute atomic E-state index is 0.110. The lowest BCUT2D eigenvalue weighted by atomic mass is 10.1. The number of nitrogens with zero attached hydrogens (tertiary/aromatic N) is 2. The minimum Gasteiger partial charge on any atom is -0.506 e. The molecule has 1 aromatic heterocycles. The number of aliphatic carboxylic acids is 1. The van der Waals surface area contributed by atoms with E-state index in [4.69, 9.17) is 0 Å². The van der Waals surface area contributed by atoms with Crippen LogP contribution in [0.15, 0.2) is 18.5 Å². The predicted octanol–water partition coefficient (Wildman–Crippen LogP) is 1.56. The monoisotopic (exact) mass is 296 g/mol. The van der Waals surface area contributed by atoms with E-state index in [1.165, 1.54) is 35.1 Å². The fourth-order valence-electron chi connectivity index (χ4n) is 2.19. The number of rotatable bonds is 4. The van der Waals surface area contributed by atoms with Crippen LogP contribution in [-0.4, -0.2) is 49.1 Å². The summed E-state index contributed by atoms with van der Waals surface area (Å²) in [5.74, 6) is -1.12. The van der Waals surface area contributed by atoms with Crippen LogP contribution in [0.1, 0.15) is 30.1 Å². The normalized spacial score (nSPS) is 21.9. The Hall–Kier alpha value is -1.76. The number of carbonyl (C=O) groups excluding carboxylic acids is 1. The van der Waals surface area contributed by atoms with Crippen molar-refractivity contribution in [3.8, 4) is 5.75 Å². The van der Waals surface area contributed by atoms with E-state index in [2.05, 4.69) is 4.98 Å². The maximum absolute atomic E-state index is 12.5. The van der Waals surface area contributed by atoms with E-state index < -0.39 is 17.9 Å². The lowest BCUT2D eigenvalue weighted by Gasteiger charge is -2.27. The van der Waals surface area contributed by atoms with Gasteiger partial charge in [-0.2, -0.15) is 0 Å². The quantitative estimate of drug-likeness (QED) is 0.876. The van der Waals surface area contributed by atoms with Crippen molar-refractivity contribution in [1.29, 1.82) is 0 Å². The SMILES string of the molecule is CCCC1SCC(C(=O)O)N1C(=O)c1cncc(O)c1. The van der Waals surface area contributed by atoms with E-state index >= 15 is 0 Å². The zero-order chi connectivity index (χ0) is 14.7. The number of hydrogen-bond acceptors (Lipinski definition) is 5. The van der Waals surface area contributed by atoms with Crippen molar-refractivity contribution >= 4 is 23.6 Å². The van der Waals surface area contributed by atoms with Gasteiger partial charge in [-0.3, -0.25) is 9.78 Å². The minimum atomic E-state index is -1.00. The van der Waals surface area contributed by atoms with Gasteiger partial charge in [0.15, 0.2) is 0 Å². The Morgan fingerprint density at radius 2 is 2.25 bits per heavy atom. The highest BCUT2D eigenvalue weighted by Gasteiger charge is 2.41. The van der Waals surface area contributed by atoms with Crippen LogP contribution in [0.2, 0.25) is 0 Å². The molecule has 2 unspecified atom stereocenters. The van der Waals surface area contributed by atoms with Crippen molar-refractivity contribution in [3.63, 3.8) is 0 Å². The number of thioether (sulfide) groups is 1. The Bertz CT molecular complexity index is 523.